The highest BCUT2D eigenvalue weighted by Gasteiger charge is 2.44. The van der Waals surface area contributed by atoms with Gasteiger partial charge in [0.15, 0.2) is 0 Å². The van der Waals surface area contributed by atoms with Gasteiger partial charge in [-0.15, -0.1) is 0 Å². The fourth-order valence-electron chi connectivity index (χ4n) is 6.27. The highest BCUT2D eigenvalue weighted by atomic mass is 32.2. The predicted octanol–water partition coefficient (Wildman–Crippen LogP) is 4.69. The Balaban J connectivity index is 1.11. The molecule has 296 valence electrons. The standard InChI is InChI=1S/C40H28N6O10S3/c47-39-37(58(51,52)45(31-13-5-1-6-14-31)32-15-7-2-8-16-32)43(41-55-39)29-21-25-35(26-22-29)57(49,50)36-27-23-30(24-28-36)44-38(40(48)56-42-44)59(53,54)46(33-17-9-3-10-18-33)34-19-11-4-12-20-34/h1-28H/p+2. The Labute approximate surface area is 336 Å². The van der Waals surface area contributed by atoms with Crippen LogP contribution in [0.25, 0.3) is 11.4 Å². The Bertz CT molecular complexity index is 2940. The topological polar surface area (TPSA) is 209 Å². The van der Waals surface area contributed by atoms with Gasteiger partial charge in [-0.25, -0.2) is 26.6 Å². The van der Waals surface area contributed by atoms with E-state index in [4.69, 9.17) is 9.05 Å². The smallest absolute Gasteiger partial charge is 0.281 e. The van der Waals surface area contributed by atoms with Crippen LogP contribution in [0.15, 0.2) is 208 Å². The summed E-state index contributed by atoms with van der Waals surface area (Å²) in [6.07, 6.45) is 0. The molecule has 2 aromatic heterocycles. The highest BCUT2D eigenvalue weighted by molar-refractivity contribution is 7.93. The summed E-state index contributed by atoms with van der Waals surface area (Å²) in [5.41, 5.74) is -1.30. The van der Waals surface area contributed by atoms with Crippen molar-refractivity contribution in [3.63, 3.8) is 0 Å². The summed E-state index contributed by atoms with van der Waals surface area (Å²) >= 11 is 0. The molecule has 19 heteroatoms. The van der Waals surface area contributed by atoms with Crippen LogP contribution in [-0.2, 0) is 29.9 Å². The molecule has 8 aromatic rings. The number of hydrogen-bond acceptors (Lipinski definition) is 10. The summed E-state index contributed by atoms with van der Waals surface area (Å²) in [5, 5.41) is 3.05. The molecule has 0 amide bonds. The quantitative estimate of drug-likeness (QED) is 0.162. The zero-order chi connectivity index (χ0) is 41.4. The first-order chi connectivity index (χ1) is 28.4. The van der Waals surface area contributed by atoms with Crippen LogP contribution >= 0.6 is 0 Å². The molecule has 0 aliphatic heterocycles. The summed E-state index contributed by atoms with van der Waals surface area (Å²) in [6, 6.07) is 42.5. The van der Waals surface area contributed by atoms with Gasteiger partial charge in [-0.2, -0.15) is 16.8 Å². The number of rotatable bonds is 12. The Kier molecular flexibility index (Phi) is 9.92. The fraction of sp³-hybridized carbons (Fsp3) is 0. The van der Waals surface area contributed by atoms with Crippen molar-refractivity contribution >= 4 is 52.6 Å². The van der Waals surface area contributed by atoms with Gasteiger partial charge in [-0.05, 0) is 92.7 Å². The number of para-hydroxylation sites is 4. The zero-order valence-corrected chi connectivity index (χ0v) is 32.7. The van der Waals surface area contributed by atoms with Gasteiger partial charge < -0.3 is 0 Å². The normalized spacial score (nSPS) is 11.9. The van der Waals surface area contributed by atoms with Gasteiger partial charge >= 0.3 is 41.3 Å². The minimum atomic E-state index is -4.66. The second-order valence-electron chi connectivity index (χ2n) is 12.6. The first-order valence-corrected chi connectivity index (χ1v) is 21.8. The van der Waals surface area contributed by atoms with Gasteiger partial charge in [-0.3, -0.25) is 9.05 Å². The van der Waals surface area contributed by atoms with Crippen LogP contribution in [-0.4, -0.2) is 35.8 Å². The number of nitrogens with one attached hydrogen (secondary N) is 2. The largest absolute Gasteiger partial charge is 0.449 e. The maximum absolute atomic E-state index is 14.3. The average Bonchev–Trinajstić information content (AvgIpc) is 3.85. The van der Waals surface area contributed by atoms with Gasteiger partial charge in [0.1, 0.15) is 0 Å². The van der Waals surface area contributed by atoms with E-state index in [-0.39, 0.29) is 43.9 Å². The van der Waals surface area contributed by atoms with Crippen molar-refractivity contribution in [1.29, 1.82) is 0 Å². The van der Waals surface area contributed by atoms with E-state index in [9.17, 15) is 34.8 Å². The maximum atomic E-state index is 14.3. The monoisotopic (exact) mass is 850 g/mol. The van der Waals surface area contributed by atoms with Crippen molar-refractivity contribution in [2.24, 2.45) is 0 Å². The Morgan fingerprint density at radius 3 is 0.932 bits per heavy atom. The van der Waals surface area contributed by atoms with Gasteiger partial charge in [0.25, 0.3) is 0 Å². The van der Waals surface area contributed by atoms with E-state index in [1.165, 1.54) is 48.5 Å². The van der Waals surface area contributed by atoms with E-state index in [0.29, 0.717) is 0 Å². The zero-order valence-electron chi connectivity index (χ0n) is 30.3. The lowest BCUT2D eigenvalue weighted by Gasteiger charge is -2.21. The van der Waals surface area contributed by atoms with Crippen molar-refractivity contribution in [2.75, 3.05) is 8.61 Å². The van der Waals surface area contributed by atoms with Crippen LogP contribution in [0.4, 0.5) is 22.7 Å². The summed E-state index contributed by atoms with van der Waals surface area (Å²) in [6.45, 7) is 0. The average molecular weight is 851 g/mol. The number of aromatic nitrogens is 4. The van der Waals surface area contributed by atoms with Crippen LogP contribution < -0.4 is 29.2 Å². The molecule has 0 unspecified atom stereocenters. The third-order valence-corrected chi connectivity index (χ3v) is 14.2. The number of benzene rings is 6. The summed E-state index contributed by atoms with van der Waals surface area (Å²) < 4.78 is 98.4. The summed E-state index contributed by atoms with van der Waals surface area (Å²) in [4.78, 5) is 25.7. The van der Waals surface area contributed by atoms with Crippen LogP contribution in [0, 0.1) is 0 Å². The van der Waals surface area contributed by atoms with Crippen molar-refractivity contribution in [3.8, 4) is 11.4 Å². The molecule has 0 fully saturated rings. The van der Waals surface area contributed by atoms with Crippen LogP contribution in [0.5, 0.6) is 0 Å². The van der Waals surface area contributed by atoms with Crippen molar-refractivity contribution in [2.45, 2.75) is 19.8 Å². The van der Waals surface area contributed by atoms with Crippen LogP contribution in [0.1, 0.15) is 0 Å². The number of sulfone groups is 1. The number of hydrogen-bond donors (Lipinski definition) is 2. The molecule has 0 saturated carbocycles. The Morgan fingerprint density at radius 1 is 0.390 bits per heavy atom. The minimum absolute atomic E-state index is 0.0545. The van der Waals surface area contributed by atoms with Gasteiger partial charge in [-0.1, -0.05) is 72.8 Å². The molecule has 0 spiro atoms. The second kappa shape index (κ2) is 15.2. The van der Waals surface area contributed by atoms with Crippen molar-refractivity contribution in [1.82, 2.24) is 10.5 Å². The molecule has 6 aromatic carbocycles. The predicted molar refractivity (Wildman–Crippen MR) is 212 cm³/mol. The third kappa shape index (κ3) is 7.02. The molecule has 0 saturated heterocycles. The molecule has 8 rings (SSSR count). The van der Waals surface area contributed by atoms with E-state index in [0.717, 1.165) is 18.0 Å². The lowest BCUT2D eigenvalue weighted by atomic mass is 10.3. The van der Waals surface area contributed by atoms with E-state index in [2.05, 4.69) is 10.5 Å². The molecule has 2 heterocycles. The third-order valence-electron chi connectivity index (χ3n) is 8.96. The minimum Gasteiger partial charge on any atom is -0.281 e. The first kappa shape index (κ1) is 38.5. The lowest BCUT2D eigenvalue weighted by molar-refractivity contribution is -0.705. The number of nitrogens with zero attached hydrogens (tertiary/aromatic N) is 4. The first-order valence-electron chi connectivity index (χ1n) is 17.4. The van der Waals surface area contributed by atoms with E-state index in [1.807, 2.05) is 0 Å². The molecule has 0 aliphatic carbocycles. The Morgan fingerprint density at radius 2 is 0.661 bits per heavy atom. The highest BCUT2D eigenvalue weighted by Crippen LogP contribution is 2.32. The van der Waals surface area contributed by atoms with Crippen LogP contribution in [0.3, 0.4) is 0 Å². The lowest BCUT2D eigenvalue weighted by Crippen LogP contribution is -2.44. The molecular weight excluding hydrogens is 821 g/mol. The molecule has 0 atom stereocenters. The number of anilines is 4. The van der Waals surface area contributed by atoms with Crippen molar-refractivity contribution in [3.05, 3.63) is 191 Å². The maximum Gasteiger partial charge on any atom is 0.449 e. The molecule has 16 nitrogen and oxygen atoms in total. The second-order valence-corrected chi connectivity index (χ2v) is 18.0. The molecule has 0 bridgehead atoms. The molecule has 0 aliphatic rings. The molecule has 0 radical (unpaired) electrons. The summed E-state index contributed by atoms with van der Waals surface area (Å²) in [7, 11) is -13.5. The SMILES string of the molecule is O=c1o[nH][n+](-c2ccc(S(=O)(=O)c3ccc(-[n+]4[nH]oc(=O)c4S(=O)(=O)N(c4ccccc4)c4ccccc4)cc3)cc2)c1S(=O)(=O)N(c1ccccc1)c1ccccc1. The van der Waals surface area contributed by atoms with Gasteiger partial charge in [0.05, 0.1) is 32.5 Å². The molecular formula is C40H30N6O10S3+2. The molecule has 59 heavy (non-hydrogen) atoms. The van der Waals surface area contributed by atoms with Crippen molar-refractivity contribution < 1.29 is 43.7 Å². The van der Waals surface area contributed by atoms with E-state index >= 15 is 0 Å². The van der Waals surface area contributed by atoms with Gasteiger partial charge in [0, 0.05) is 24.3 Å². The summed E-state index contributed by atoms with van der Waals surface area (Å²) in [5.74, 6) is 0. The Hall–Kier alpha value is -7.35. The molecule has 2 N–H and O–H groups in total. The van der Waals surface area contributed by atoms with Crippen LogP contribution in [0.2, 0.25) is 0 Å². The van der Waals surface area contributed by atoms with E-state index < -0.39 is 51.2 Å². The number of aromatic amines is 2. The fourth-order valence-corrected chi connectivity index (χ4v) is 10.7. The number of sulfonamides is 2. The number of H-pyrrole nitrogens is 2. The van der Waals surface area contributed by atoms with Gasteiger partial charge in [0.2, 0.25) is 21.2 Å². The van der Waals surface area contributed by atoms with E-state index in [1.54, 1.807) is 121 Å².